The fourth-order valence-corrected chi connectivity index (χ4v) is 4.94. The molecular formula is C33H33F2N7O4. The van der Waals surface area contributed by atoms with Crippen LogP contribution in [-0.2, 0) is 24.3 Å². The summed E-state index contributed by atoms with van der Waals surface area (Å²) in [6.07, 6.45) is 8.23. The number of urea groups is 1. The van der Waals surface area contributed by atoms with Gasteiger partial charge in [-0.15, -0.1) is 0 Å². The number of ether oxygens (including phenoxy) is 2. The average molecular weight is 630 g/mol. The molecule has 5 rings (SSSR count). The highest BCUT2D eigenvalue weighted by Crippen LogP contribution is 2.41. The van der Waals surface area contributed by atoms with Gasteiger partial charge in [-0.3, -0.25) is 19.6 Å². The van der Waals surface area contributed by atoms with E-state index in [-0.39, 0.29) is 48.6 Å². The first kappa shape index (κ1) is 32.0. The summed E-state index contributed by atoms with van der Waals surface area (Å²) in [7, 11) is 6.30. The molecule has 0 saturated heterocycles. The molecule has 238 valence electrons. The second-order valence-electron chi connectivity index (χ2n) is 10.7. The Morgan fingerprint density at radius 1 is 1.04 bits per heavy atom. The predicted octanol–water partition coefficient (Wildman–Crippen LogP) is 5.29. The van der Waals surface area contributed by atoms with Gasteiger partial charge in [-0.1, -0.05) is 30.3 Å². The molecule has 0 radical (unpaired) electrons. The summed E-state index contributed by atoms with van der Waals surface area (Å²) >= 11 is 0. The summed E-state index contributed by atoms with van der Waals surface area (Å²) in [5, 5.41) is 3.09. The summed E-state index contributed by atoms with van der Waals surface area (Å²) in [5.74, 6) is -2.29. The van der Waals surface area contributed by atoms with Crippen LogP contribution in [0.3, 0.4) is 0 Å². The lowest BCUT2D eigenvalue weighted by molar-refractivity contribution is -0.114. The van der Waals surface area contributed by atoms with Gasteiger partial charge in [0.25, 0.3) is 0 Å². The SMILES string of the molecule is COc1cc(OC)c(F)c(N2Cc3cnc(Nc4ccncc4)nc3N(Cc3cccc(CC(=O)/C=C/CN(C)C)c3)C2=O)c1F. The Balaban J connectivity index is 1.53. The van der Waals surface area contributed by atoms with E-state index in [0.29, 0.717) is 23.4 Å². The van der Waals surface area contributed by atoms with E-state index < -0.39 is 23.4 Å². The number of fused-ring (bicyclic) bond motifs is 1. The molecule has 0 atom stereocenters. The highest BCUT2D eigenvalue weighted by Gasteiger charge is 2.38. The Morgan fingerprint density at radius 3 is 2.41 bits per heavy atom. The molecule has 0 bridgehead atoms. The molecule has 0 spiro atoms. The first-order chi connectivity index (χ1) is 22.2. The number of nitrogens with one attached hydrogen (secondary N) is 1. The number of anilines is 4. The van der Waals surface area contributed by atoms with Gasteiger partial charge in [0.15, 0.2) is 28.9 Å². The van der Waals surface area contributed by atoms with Crippen LogP contribution in [0, 0.1) is 11.6 Å². The first-order valence-corrected chi connectivity index (χ1v) is 14.3. The lowest BCUT2D eigenvalue weighted by atomic mass is 10.0. The molecule has 46 heavy (non-hydrogen) atoms. The van der Waals surface area contributed by atoms with Gasteiger partial charge >= 0.3 is 6.03 Å². The minimum Gasteiger partial charge on any atom is -0.493 e. The molecule has 1 N–H and O–H groups in total. The van der Waals surface area contributed by atoms with Crippen molar-refractivity contribution in [3.8, 4) is 11.5 Å². The lowest BCUT2D eigenvalue weighted by Gasteiger charge is -2.36. The summed E-state index contributed by atoms with van der Waals surface area (Å²) in [4.78, 5) is 44.0. The predicted molar refractivity (Wildman–Crippen MR) is 170 cm³/mol. The number of aromatic nitrogens is 3. The fraction of sp³-hybridized carbons (Fsp3) is 0.242. The summed E-state index contributed by atoms with van der Waals surface area (Å²) in [6.45, 7) is 0.397. The van der Waals surface area contributed by atoms with E-state index in [1.165, 1.54) is 25.3 Å². The Kier molecular flexibility index (Phi) is 9.82. The van der Waals surface area contributed by atoms with Crippen LogP contribution in [0.1, 0.15) is 16.7 Å². The average Bonchev–Trinajstić information content (AvgIpc) is 3.04. The number of benzene rings is 2. The standard InChI is InChI=1S/C33H33F2N7O4/c1-40(2)14-6-9-25(43)16-21-7-5-8-22(15-21)19-42-31-23(18-37-32(39-31)38-24-10-12-36-13-11-24)20-41(33(42)44)30-28(34)26(45-3)17-27(46-4)29(30)35/h5-13,15,17-18H,14,16,19-20H2,1-4H3,(H,36,37,38,39)/b9-6+. The van der Waals surface area contributed by atoms with E-state index in [2.05, 4.69) is 20.3 Å². The zero-order valence-corrected chi connectivity index (χ0v) is 25.8. The zero-order valence-electron chi connectivity index (χ0n) is 25.8. The number of carbonyl (C=O) groups excluding carboxylic acids is 2. The largest absolute Gasteiger partial charge is 0.493 e. The van der Waals surface area contributed by atoms with Gasteiger partial charge < -0.3 is 19.7 Å². The number of methoxy groups -OCH3 is 2. The lowest BCUT2D eigenvalue weighted by Crippen LogP contribution is -2.48. The molecular weight excluding hydrogens is 596 g/mol. The molecule has 2 aromatic carbocycles. The highest BCUT2D eigenvalue weighted by atomic mass is 19.1. The fourth-order valence-electron chi connectivity index (χ4n) is 4.94. The molecule has 3 heterocycles. The van der Waals surface area contributed by atoms with Gasteiger partial charge in [0.05, 0.1) is 27.3 Å². The van der Waals surface area contributed by atoms with Crippen molar-refractivity contribution in [2.75, 3.05) is 50.0 Å². The minimum atomic E-state index is -1.06. The maximum atomic E-state index is 15.6. The second-order valence-corrected chi connectivity index (χ2v) is 10.7. The number of nitrogens with zero attached hydrogens (tertiary/aromatic N) is 6. The van der Waals surface area contributed by atoms with Crippen LogP contribution in [-0.4, -0.2) is 66.5 Å². The monoisotopic (exact) mass is 629 g/mol. The molecule has 1 aliphatic heterocycles. The van der Waals surface area contributed by atoms with Gasteiger partial charge in [-0.25, -0.2) is 18.6 Å². The number of carbonyl (C=O) groups is 2. The third kappa shape index (κ3) is 7.10. The normalized spacial score (nSPS) is 12.9. The van der Waals surface area contributed by atoms with Crippen LogP contribution in [0.5, 0.6) is 11.5 Å². The Bertz CT molecular complexity index is 1740. The van der Waals surface area contributed by atoms with Crippen molar-refractivity contribution in [2.24, 2.45) is 0 Å². The van der Waals surface area contributed by atoms with Crippen molar-refractivity contribution in [3.05, 3.63) is 102 Å². The second kappa shape index (κ2) is 14.1. The summed E-state index contributed by atoms with van der Waals surface area (Å²) < 4.78 is 41.5. The van der Waals surface area contributed by atoms with Gasteiger partial charge in [-0.05, 0) is 43.4 Å². The van der Waals surface area contributed by atoms with Gasteiger partial charge in [0.2, 0.25) is 5.95 Å². The van der Waals surface area contributed by atoms with Crippen molar-refractivity contribution in [2.45, 2.75) is 19.5 Å². The highest BCUT2D eigenvalue weighted by molar-refractivity contribution is 6.05. The van der Waals surface area contributed by atoms with Crippen LogP contribution in [0.25, 0.3) is 0 Å². The molecule has 0 saturated carbocycles. The molecule has 2 aromatic heterocycles. The molecule has 0 unspecified atom stereocenters. The minimum absolute atomic E-state index is 0.0170. The van der Waals surface area contributed by atoms with E-state index in [1.54, 1.807) is 48.8 Å². The number of allylic oxidation sites excluding steroid dienone is 1. The third-order valence-corrected chi connectivity index (χ3v) is 7.13. The number of hydrogen-bond acceptors (Lipinski definition) is 9. The van der Waals surface area contributed by atoms with Crippen molar-refractivity contribution in [1.82, 2.24) is 19.9 Å². The van der Waals surface area contributed by atoms with E-state index in [4.69, 9.17) is 9.47 Å². The molecule has 0 aliphatic carbocycles. The third-order valence-electron chi connectivity index (χ3n) is 7.13. The number of ketones is 1. The van der Waals surface area contributed by atoms with E-state index in [9.17, 15) is 9.59 Å². The van der Waals surface area contributed by atoms with Gasteiger partial charge in [0, 0.05) is 48.9 Å². The number of likely N-dealkylation sites (N-methyl/N-ethyl adjacent to an activating group) is 1. The van der Waals surface area contributed by atoms with Crippen molar-refractivity contribution >= 4 is 35.0 Å². The molecule has 4 aromatic rings. The summed E-state index contributed by atoms with van der Waals surface area (Å²) in [5.41, 5.74) is 1.92. The Labute approximate surface area is 265 Å². The molecule has 2 amide bonds. The van der Waals surface area contributed by atoms with Gasteiger partial charge in [0.1, 0.15) is 11.5 Å². The number of rotatable bonds is 12. The number of hydrogen-bond donors (Lipinski definition) is 1. The zero-order chi connectivity index (χ0) is 32.8. The molecule has 13 heteroatoms. The molecule has 11 nitrogen and oxygen atoms in total. The van der Waals surface area contributed by atoms with Crippen molar-refractivity contribution in [1.29, 1.82) is 0 Å². The molecule has 1 aliphatic rings. The quantitative estimate of drug-likeness (QED) is 0.209. The number of halogens is 2. The maximum absolute atomic E-state index is 15.6. The van der Waals surface area contributed by atoms with Crippen LogP contribution in [0.2, 0.25) is 0 Å². The maximum Gasteiger partial charge on any atom is 0.330 e. The Morgan fingerprint density at radius 2 is 1.74 bits per heavy atom. The van der Waals surface area contributed by atoms with Crippen LogP contribution in [0.4, 0.5) is 36.7 Å². The van der Waals surface area contributed by atoms with E-state index in [0.717, 1.165) is 16.5 Å². The molecule has 0 fully saturated rings. The topological polar surface area (TPSA) is 113 Å². The first-order valence-electron chi connectivity index (χ1n) is 14.3. The van der Waals surface area contributed by atoms with Crippen LogP contribution < -0.4 is 24.6 Å². The summed E-state index contributed by atoms with van der Waals surface area (Å²) in [6, 6.07) is 11.0. The number of amides is 2. The Hall–Kier alpha value is -5.43. The smallest absolute Gasteiger partial charge is 0.330 e. The van der Waals surface area contributed by atoms with E-state index >= 15 is 8.78 Å². The van der Waals surface area contributed by atoms with Crippen molar-refractivity contribution < 1.29 is 27.8 Å². The number of pyridine rings is 1. The van der Waals surface area contributed by atoms with E-state index in [1.807, 2.05) is 31.1 Å². The van der Waals surface area contributed by atoms with Gasteiger partial charge in [-0.2, -0.15) is 4.98 Å². The van der Waals surface area contributed by atoms with Crippen LogP contribution in [0.15, 0.2) is 73.2 Å². The van der Waals surface area contributed by atoms with Crippen LogP contribution >= 0.6 is 0 Å². The van der Waals surface area contributed by atoms with Crippen molar-refractivity contribution in [3.63, 3.8) is 0 Å².